The first-order chi connectivity index (χ1) is 9.77. The highest BCUT2D eigenvalue weighted by molar-refractivity contribution is 5.87. The van der Waals surface area contributed by atoms with Crippen molar-refractivity contribution in [2.75, 3.05) is 13.2 Å². The van der Waals surface area contributed by atoms with Gasteiger partial charge in [0.15, 0.2) is 0 Å². The van der Waals surface area contributed by atoms with Crippen molar-refractivity contribution in [2.24, 2.45) is 0 Å². The van der Waals surface area contributed by atoms with E-state index in [1.165, 1.54) is 0 Å². The number of carboxylic acids is 1. The number of carbonyl (C=O) groups is 2. The zero-order valence-electron chi connectivity index (χ0n) is 11.8. The Morgan fingerprint density at radius 2 is 1.52 bits per heavy atom. The van der Waals surface area contributed by atoms with Crippen LogP contribution in [0.4, 0.5) is 0 Å². The van der Waals surface area contributed by atoms with Gasteiger partial charge < -0.3 is 25.2 Å². The molecule has 0 aromatic heterocycles. The van der Waals surface area contributed by atoms with Crippen LogP contribution in [0.15, 0.2) is 24.3 Å². The SMILES string of the molecule is C=C(CCC(O)COC(=O)C(=C)CCC(O)CO)C(=O)O. The third-order valence-corrected chi connectivity index (χ3v) is 2.77. The van der Waals surface area contributed by atoms with E-state index >= 15 is 0 Å². The summed E-state index contributed by atoms with van der Waals surface area (Å²) in [7, 11) is 0. The number of ether oxygens (including phenoxy) is 1. The topological polar surface area (TPSA) is 124 Å². The number of hydrogen-bond acceptors (Lipinski definition) is 6. The molecule has 0 heterocycles. The smallest absolute Gasteiger partial charge is 0.333 e. The Morgan fingerprint density at radius 1 is 1.00 bits per heavy atom. The highest BCUT2D eigenvalue weighted by atomic mass is 16.5. The number of rotatable bonds is 11. The maximum atomic E-state index is 11.5. The standard InChI is InChI=1S/C14H22O7/c1-9(13(18)19)3-6-12(17)8-21-14(20)10(2)4-5-11(16)7-15/h11-12,15-17H,1-8H2,(H,18,19). The van der Waals surface area contributed by atoms with Gasteiger partial charge in [0.05, 0.1) is 18.8 Å². The number of aliphatic carboxylic acids is 1. The van der Waals surface area contributed by atoms with Crippen molar-refractivity contribution >= 4 is 11.9 Å². The Labute approximate surface area is 123 Å². The quantitative estimate of drug-likeness (QED) is 0.313. The monoisotopic (exact) mass is 302 g/mol. The first-order valence-corrected chi connectivity index (χ1v) is 6.50. The van der Waals surface area contributed by atoms with Crippen LogP contribution < -0.4 is 0 Å². The van der Waals surface area contributed by atoms with Crippen LogP contribution in [0.5, 0.6) is 0 Å². The molecule has 7 nitrogen and oxygen atoms in total. The lowest BCUT2D eigenvalue weighted by Gasteiger charge is -2.13. The van der Waals surface area contributed by atoms with Crippen LogP contribution in [0.25, 0.3) is 0 Å². The van der Waals surface area contributed by atoms with E-state index in [0.29, 0.717) is 0 Å². The van der Waals surface area contributed by atoms with Crippen LogP contribution >= 0.6 is 0 Å². The molecule has 0 bridgehead atoms. The summed E-state index contributed by atoms with van der Waals surface area (Å²) in [6, 6.07) is 0. The van der Waals surface area contributed by atoms with Crippen LogP contribution in [0, 0.1) is 0 Å². The lowest BCUT2D eigenvalue weighted by atomic mass is 10.1. The summed E-state index contributed by atoms with van der Waals surface area (Å²) in [6.07, 6.45) is -1.33. The van der Waals surface area contributed by atoms with Gasteiger partial charge >= 0.3 is 11.9 Å². The van der Waals surface area contributed by atoms with Gasteiger partial charge in [-0.25, -0.2) is 9.59 Å². The summed E-state index contributed by atoms with van der Waals surface area (Å²) in [4.78, 5) is 22.0. The molecule has 0 aliphatic carbocycles. The number of aliphatic hydroxyl groups is 3. The maximum Gasteiger partial charge on any atom is 0.333 e. The lowest BCUT2D eigenvalue weighted by Crippen LogP contribution is -2.20. The maximum absolute atomic E-state index is 11.5. The van der Waals surface area contributed by atoms with Gasteiger partial charge in [-0.15, -0.1) is 0 Å². The Balaban J connectivity index is 3.93. The molecule has 0 fully saturated rings. The highest BCUT2D eigenvalue weighted by Gasteiger charge is 2.14. The van der Waals surface area contributed by atoms with Gasteiger partial charge in [0.2, 0.25) is 0 Å². The largest absolute Gasteiger partial charge is 0.478 e. The van der Waals surface area contributed by atoms with E-state index in [1.54, 1.807) is 0 Å². The van der Waals surface area contributed by atoms with E-state index in [0.717, 1.165) is 0 Å². The predicted molar refractivity (Wildman–Crippen MR) is 74.4 cm³/mol. The average Bonchev–Trinajstić information content (AvgIpc) is 2.46. The molecule has 0 saturated heterocycles. The molecule has 0 aliphatic heterocycles. The molecule has 0 spiro atoms. The van der Waals surface area contributed by atoms with E-state index in [-0.39, 0.29) is 43.4 Å². The minimum Gasteiger partial charge on any atom is -0.478 e. The predicted octanol–water partition coefficient (Wildman–Crippen LogP) is 0.00110. The van der Waals surface area contributed by atoms with E-state index < -0.39 is 30.8 Å². The number of hydrogen-bond donors (Lipinski definition) is 4. The minimum absolute atomic E-state index is 0.0252. The third kappa shape index (κ3) is 8.96. The van der Waals surface area contributed by atoms with Crippen LogP contribution in [0.3, 0.4) is 0 Å². The van der Waals surface area contributed by atoms with E-state index in [9.17, 15) is 14.7 Å². The zero-order valence-corrected chi connectivity index (χ0v) is 11.8. The second kappa shape index (κ2) is 10.1. The molecule has 0 aromatic carbocycles. The molecule has 0 amide bonds. The molecule has 4 N–H and O–H groups in total. The van der Waals surface area contributed by atoms with Gasteiger partial charge in [0, 0.05) is 11.1 Å². The summed E-state index contributed by atoms with van der Waals surface area (Å²) < 4.78 is 4.81. The molecule has 2 unspecified atom stereocenters. The van der Waals surface area contributed by atoms with Crippen molar-refractivity contribution in [3.05, 3.63) is 24.3 Å². The number of aliphatic hydroxyl groups excluding tert-OH is 3. The van der Waals surface area contributed by atoms with E-state index in [4.69, 9.17) is 20.1 Å². The van der Waals surface area contributed by atoms with Crippen molar-refractivity contribution < 1.29 is 34.8 Å². The molecule has 0 radical (unpaired) electrons. The van der Waals surface area contributed by atoms with Gasteiger partial charge in [-0.2, -0.15) is 0 Å². The van der Waals surface area contributed by atoms with Gasteiger partial charge in [0.1, 0.15) is 6.61 Å². The van der Waals surface area contributed by atoms with Crippen LogP contribution in [0.1, 0.15) is 25.7 Å². The minimum atomic E-state index is -1.13. The molecule has 0 rings (SSSR count). The molecule has 0 aromatic rings. The number of carbonyl (C=O) groups excluding carboxylic acids is 1. The molecular formula is C14H22O7. The van der Waals surface area contributed by atoms with Crippen LogP contribution in [-0.4, -0.2) is 57.8 Å². The fourth-order valence-corrected chi connectivity index (χ4v) is 1.34. The zero-order chi connectivity index (χ0) is 16.4. The average molecular weight is 302 g/mol. The van der Waals surface area contributed by atoms with Crippen molar-refractivity contribution in [1.29, 1.82) is 0 Å². The summed E-state index contributed by atoms with van der Waals surface area (Å²) in [5.41, 5.74) is 0.104. The normalized spacial score (nSPS) is 13.3. The number of carboxylic acid groups (broad SMARTS) is 1. The van der Waals surface area contributed by atoms with E-state index in [1.807, 2.05) is 0 Å². The third-order valence-electron chi connectivity index (χ3n) is 2.77. The van der Waals surface area contributed by atoms with Crippen molar-refractivity contribution in [3.8, 4) is 0 Å². The summed E-state index contributed by atoms with van der Waals surface area (Å²) >= 11 is 0. The van der Waals surface area contributed by atoms with Gasteiger partial charge in [-0.3, -0.25) is 0 Å². The molecular weight excluding hydrogens is 280 g/mol. The Bertz CT molecular complexity index is 389. The number of esters is 1. The molecule has 0 saturated carbocycles. The summed E-state index contributed by atoms with van der Waals surface area (Å²) in [5, 5.41) is 35.9. The van der Waals surface area contributed by atoms with Gasteiger partial charge in [-0.05, 0) is 25.7 Å². The lowest BCUT2D eigenvalue weighted by molar-refractivity contribution is -0.142. The van der Waals surface area contributed by atoms with Crippen LogP contribution in [0.2, 0.25) is 0 Å². The summed E-state index contributed by atoms with van der Waals surface area (Å²) in [6.45, 7) is 6.15. The van der Waals surface area contributed by atoms with Crippen LogP contribution in [-0.2, 0) is 14.3 Å². The highest BCUT2D eigenvalue weighted by Crippen LogP contribution is 2.10. The Hall–Kier alpha value is -1.70. The molecule has 21 heavy (non-hydrogen) atoms. The second-order valence-electron chi connectivity index (χ2n) is 4.68. The first kappa shape index (κ1) is 19.3. The fourth-order valence-electron chi connectivity index (χ4n) is 1.34. The van der Waals surface area contributed by atoms with Crippen molar-refractivity contribution in [1.82, 2.24) is 0 Å². The Kier molecular flexibility index (Phi) is 9.27. The second-order valence-corrected chi connectivity index (χ2v) is 4.68. The molecule has 120 valence electrons. The molecule has 0 aliphatic rings. The Morgan fingerprint density at radius 3 is 2.05 bits per heavy atom. The van der Waals surface area contributed by atoms with Crippen molar-refractivity contribution in [3.63, 3.8) is 0 Å². The first-order valence-electron chi connectivity index (χ1n) is 6.50. The summed E-state index contributed by atoms with van der Waals surface area (Å²) in [5.74, 6) is -1.83. The molecule has 7 heteroatoms. The fraction of sp³-hybridized carbons (Fsp3) is 0.571. The van der Waals surface area contributed by atoms with E-state index in [2.05, 4.69) is 13.2 Å². The van der Waals surface area contributed by atoms with Gasteiger partial charge in [-0.1, -0.05) is 13.2 Å². The van der Waals surface area contributed by atoms with Gasteiger partial charge in [0.25, 0.3) is 0 Å². The molecule has 2 atom stereocenters. The van der Waals surface area contributed by atoms with Crippen molar-refractivity contribution in [2.45, 2.75) is 37.9 Å².